The molecule has 0 spiro atoms. The summed E-state index contributed by atoms with van der Waals surface area (Å²) in [4.78, 5) is 14.6. The Morgan fingerprint density at radius 3 is 2.79 bits per heavy atom. The Hall–Kier alpha value is -1.85. The second kappa shape index (κ2) is 7.36. The normalized spacial score (nSPS) is 15.7. The first-order valence-corrected chi connectivity index (χ1v) is 8.66. The van der Waals surface area contributed by atoms with Crippen LogP contribution in [0.4, 0.5) is 0 Å². The van der Waals surface area contributed by atoms with E-state index in [0.717, 1.165) is 24.1 Å². The number of nitrogens with zero attached hydrogens (tertiary/aromatic N) is 3. The molecule has 3 rings (SSSR count). The molecule has 0 atom stereocenters. The van der Waals surface area contributed by atoms with E-state index in [9.17, 15) is 4.79 Å². The molecule has 2 aromatic rings. The minimum Gasteiger partial charge on any atom is -0.394 e. The highest BCUT2D eigenvalue weighted by Crippen LogP contribution is 2.30. The fourth-order valence-electron chi connectivity index (χ4n) is 3.33. The van der Waals surface area contributed by atoms with Crippen LogP contribution < -0.4 is 0 Å². The van der Waals surface area contributed by atoms with Crippen LogP contribution in [0, 0.1) is 6.92 Å². The maximum atomic E-state index is 12.7. The number of aliphatic hydroxyl groups is 1. The van der Waals surface area contributed by atoms with Crippen molar-refractivity contribution in [3.8, 4) is 0 Å². The zero-order valence-corrected chi connectivity index (χ0v) is 14.5. The van der Waals surface area contributed by atoms with Gasteiger partial charge in [0.2, 0.25) is 0 Å². The third-order valence-electron chi connectivity index (χ3n) is 4.68. The molecule has 0 saturated carbocycles. The van der Waals surface area contributed by atoms with Gasteiger partial charge in [0.25, 0.3) is 5.91 Å². The number of rotatable bonds is 4. The minimum absolute atomic E-state index is 0.00557. The molecule has 128 valence electrons. The van der Waals surface area contributed by atoms with E-state index >= 15 is 0 Å². The number of piperidine rings is 1. The Labute approximate surface area is 146 Å². The number of amides is 1. The number of carbonyl (C=O) groups is 1. The van der Waals surface area contributed by atoms with Crippen LogP contribution >= 0.6 is 11.6 Å². The zero-order chi connectivity index (χ0) is 17.1. The Morgan fingerprint density at radius 1 is 1.33 bits per heavy atom. The Balaban J connectivity index is 1.67. The van der Waals surface area contributed by atoms with Crippen LogP contribution in [0.1, 0.15) is 40.4 Å². The molecule has 0 radical (unpaired) electrons. The molecule has 6 heteroatoms. The monoisotopic (exact) mass is 347 g/mol. The average Bonchev–Trinajstić information content (AvgIpc) is 3.05. The van der Waals surface area contributed by atoms with E-state index in [4.69, 9.17) is 16.7 Å². The van der Waals surface area contributed by atoms with Gasteiger partial charge in [-0.25, -0.2) is 0 Å². The third-order valence-corrected chi connectivity index (χ3v) is 5.19. The van der Waals surface area contributed by atoms with Crippen LogP contribution in [0.2, 0.25) is 5.02 Å². The predicted molar refractivity (Wildman–Crippen MR) is 93.4 cm³/mol. The van der Waals surface area contributed by atoms with Gasteiger partial charge in [0.05, 0.1) is 23.7 Å². The van der Waals surface area contributed by atoms with E-state index in [1.807, 2.05) is 34.7 Å². The number of benzene rings is 1. The van der Waals surface area contributed by atoms with Crippen molar-refractivity contribution in [2.24, 2.45) is 0 Å². The van der Waals surface area contributed by atoms with E-state index in [-0.39, 0.29) is 12.5 Å². The van der Waals surface area contributed by atoms with Gasteiger partial charge in [-0.05, 0) is 37.5 Å². The van der Waals surface area contributed by atoms with E-state index in [1.54, 1.807) is 12.3 Å². The highest BCUT2D eigenvalue weighted by Gasteiger charge is 2.27. The van der Waals surface area contributed by atoms with Gasteiger partial charge in [-0.2, -0.15) is 5.10 Å². The topological polar surface area (TPSA) is 58.4 Å². The van der Waals surface area contributed by atoms with Crippen molar-refractivity contribution in [2.75, 3.05) is 19.7 Å². The van der Waals surface area contributed by atoms with Crippen molar-refractivity contribution >= 4 is 17.5 Å². The molecule has 1 N–H and O–H groups in total. The molecule has 2 heterocycles. The van der Waals surface area contributed by atoms with Crippen molar-refractivity contribution in [1.29, 1.82) is 0 Å². The number of hydrogen-bond acceptors (Lipinski definition) is 3. The summed E-state index contributed by atoms with van der Waals surface area (Å²) in [5.41, 5.74) is 2.65. The predicted octanol–water partition coefficient (Wildman–Crippen LogP) is 2.86. The maximum Gasteiger partial charge on any atom is 0.255 e. The Kier molecular flexibility index (Phi) is 5.21. The lowest BCUT2D eigenvalue weighted by molar-refractivity contribution is 0.0711. The van der Waals surface area contributed by atoms with Crippen molar-refractivity contribution in [3.05, 3.63) is 52.3 Å². The van der Waals surface area contributed by atoms with Crippen molar-refractivity contribution in [2.45, 2.75) is 32.2 Å². The summed E-state index contributed by atoms with van der Waals surface area (Å²) in [5, 5.41) is 13.9. The second-order valence-corrected chi connectivity index (χ2v) is 6.58. The largest absolute Gasteiger partial charge is 0.394 e. The van der Waals surface area contributed by atoms with Crippen LogP contribution in [-0.4, -0.2) is 45.4 Å². The van der Waals surface area contributed by atoms with Crippen LogP contribution in [0.5, 0.6) is 0 Å². The Bertz CT molecular complexity index is 721. The Morgan fingerprint density at radius 2 is 2.08 bits per heavy atom. The highest BCUT2D eigenvalue weighted by molar-refractivity contribution is 6.34. The van der Waals surface area contributed by atoms with Crippen LogP contribution in [0.3, 0.4) is 0 Å². The minimum atomic E-state index is 0.00557. The fraction of sp³-hybridized carbons (Fsp3) is 0.444. The lowest BCUT2D eigenvalue weighted by Crippen LogP contribution is -2.38. The summed E-state index contributed by atoms with van der Waals surface area (Å²) in [6, 6.07) is 7.58. The molecule has 1 amide bonds. The smallest absolute Gasteiger partial charge is 0.255 e. The van der Waals surface area contributed by atoms with Gasteiger partial charge in [-0.15, -0.1) is 0 Å². The number of aryl methyl sites for hydroxylation is 1. The molecule has 1 aliphatic rings. The van der Waals surface area contributed by atoms with Crippen molar-refractivity contribution in [1.82, 2.24) is 14.7 Å². The number of hydrogen-bond donors (Lipinski definition) is 1. The SMILES string of the molecule is Cc1cccc(C(=O)N2CCC(c3ccnn3CCO)CC2)c1Cl. The molecule has 5 nitrogen and oxygen atoms in total. The van der Waals surface area contributed by atoms with Gasteiger partial charge in [-0.3, -0.25) is 9.48 Å². The molecule has 0 unspecified atom stereocenters. The lowest BCUT2D eigenvalue weighted by atomic mass is 9.93. The molecule has 24 heavy (non-hydrogen) atoms. The number of likely N-dealkylation sites (tertiary alicyclic amines) is 1. The van der Waals surface area contributed by atoms with Gasteiger partial charge in [0.1, 0.15) is 0 Å². The quantitative estimate of drug-likeness (QED) is 0.925. The molecule has 1 fully saturated rings. The molecule has 0 bridgehead atoms. The van der Waals surface area contributed by atoms with Gasteiger partial charge in [0, 0.05) is 30.9 Å². The molecule has 1 aromatic heterocycles. The summed E-state index contributed by atoms with van der Waals surface area (Å²) in [5.74, 6) is 0.377. The van der Waals surface area contributed by atoms with E-state index in [0.29, 0.717) is 36.1 Å². The molecule has 1 aromatic carbocycles. The summed E-state index contributed by atoms with van der Waals surface area (Å²) in [6.07, 6.45) is 3.56. The van der Waals surface area contributed by atoms with Crippen LogP contribution in [0.25, 0.3) is 0 Å². The van der Waals surface area contributed by atoms with Gasteiger partial charge in [0.15, 0.2) is 0 Å². The fourth-order valence-corrected chi connectivity index (χ4v) is 3.54. The number of halogens is 1. The van der Waals surface area contributed by atoms with Crippen LogP contribution in [-0.2, 0) is 6.54 Å². The molecule has 0 aliphatic carbocycles. The van der Waals surface area contributed by atoms with Gasteiger partial charge >= 0.3 is 0 Å². The zero-order valence-electron chi connectivity index (χ0n) is 13.8. The average molecular weight is 348 g/mol. The van der Waals surface area contributed by atoms with E-state index in [1.165, 1.54) is 0 Å². The maximum absolute atomic E-state index is 12.7. The number of aromatic nitrogens is 2. The standard InChI is InChI=1S/C18H22ClN3O2/c1-13-3-2-4-15(17(13)19)18(24)21-9-6-14(7-10-21)16-5-8-20-22(16)11-12-23/h2-5,8,14,23H,6-7,9-12H2,1H3. The van der Waals surface area contributed by atoms with Gasteiger partial charge in [-0.1, -0.05) is 23.7 Å². The van der Waals surface area contributed by atoms with E-state index in [2.05, 4.69) is 5.10 Å². The lowest BCUT2D eigenvalue weighted by Gasteiger charge is -2.32. The summed E-state index contributed by atoms with van der Waals surface area (Å²) in [6.45, 7) is 3.92. The first-order chi connectivity index (χ1) is 11.6. The number of carbonyl (C=O) groups excluding carboxylic acids is 1. The van der Waals surface area contributed by atoms with E-state index < -0.39 is 0 Å². The van der Waals surface area contributed by atoms with Crippen molar-refractivity contribution in [3.63, 3.8) is 0 Å². The number of aliphatic hydroxyl groups excluding tert-OH is 1. The summed E-state index contributed by atoms with van der Waals surface area (Å²) >= 11 is 6.29. The van der Waals surface area contributed by atoms with Crippen molar-refractivity contribution < 1.29 is 9.90 Å². The second-order valence-electron chi connectivity index (χ2n) is 6.21. The van der Waals surface area contributed by atoms with Gasteiger partial charge < -0.3 is 10.0 Å². The first-order valence-electron chi connectivity index (χ1n) is 8.28. The summed E-state index contributed by atoms with van der Waals surface area (Å²) in [7, 11) is 0. The molecule has 1 aliphatic heterocycles. The van der Waals surface area contributed by atoms with Crippen LogP contribution in [0.15, 0.2) is 30.5 Å². The summed E-state index contributed by atoms with van der Waals surface area (Å²) < 4.78 is 1.86. The third kappa shape index (κ3) is 3.32. The highest BCUT2D eigenvalue weighted by atomic mass is 35.5. The first kappa shape index (κ1) is 17.0. The molecular weight excluding hydrogens is 326 g/mol. The molecule has 1 saturated heterocycles. The molecular formula is C18H22ClN3O2.